The van der Waals surface area contributed by atoms with E-state index in [0.717, 1.165) is 0 Å². The molecule has 1 aromatic rings. The molecule has 1 heterocycles. The number of carboxylic acids is 1. The molecule has 0 fully saturated rings. The Kier molecular flexibility index (Phi) is 8.24. The summed E-state index contributed by atoms with van der Waals surface area (Å²) in [5, 5.41) is 7.12. The maximum Gasteiger partial charge on any atom is 0.490 e. The second-order valence-corrected chi connectivity index (χ2v) is 5.43. The predicted molar refractivity (Wildman–Crippen MR) is 74.1 cm³/mol. The van der Waals surface area contributed by atoms with Crippen molar-refractivity contribution in [3.05, 3.63) is 24.0 Å². The van der Waals surface area contributed by atoms with Crippen LogP contribution in [0.1, 0.15) is 26.5 Å². The standard InChI is InChI=1S/C12H15F2NO3.C2HF3O2/c1-12(2,3)18-10(16)7-8-6-9(4-5-15-8)17-11(13)14;3-2(4,5)1(6)7/h4-6,11H,7H2,1-3H3;(H,6,7). The van der Waals surface area contributed by atoms with Crippen LogP contribution in [0.25, 0.3) is 0 Å². The lowest BCUT2D eigenvalue weighted by atomic mass is 10.2. The first kappa shape index (κ1) is 22.5. The molecule has 1 rings (SSSR count). The Balaban J connectivity index is 0.000000697. The Labute approximate surface area is 139 Å². The van der Waals surface area contributed by atoms with Gasteiger partial charge in [0.05, 0.1) is 12.1 Å². The highest BCUT2D eigenvalue weighted by Crippen LogP contribution is 2.16. The smallest absolute Gasteiger partial charge is 0.475 e. The van der Waals surface area contributed by atoms with Crippen LogP contribution < -0.4 is 4.74 Å². The first-order valence-electron chi connectivity index (χ1n) is 6.62. The van der Waals surface area contributed by atoms with E-state index in [2.05, 4.69) is 9.72 Å². The molecule has 142 valence electrons. The largest absolute Gasteiger partial charge is 0.490 e. The van der Waals surface area contributed by atoms with Crippen molar-refractivity contribution >= 4 is 11.9 Å². The summed E-state index contributed by atoms with van der Waals surface area (Å²) < 4.78 is 65.0. The lowest BCUT2D eigenvalue weighted by Gasteiger charge is -2.19. The lowest BCUT2D eigenvalue weighted by molar-refractivity contribution is -0.192. The van der Waals surface area contributed by atoms with E-state index in [9.17, 15) is 26.7 Å². The molecule has 0 spiro atoms. The number of ether oxygens (including phenoxy) is 2. The number of hydrogen-bond acceptors (Lipinski definition) is 5. The van der Waals surface area contributed by atoms with Crippen LogP contribution in [0.3, 0.4) is 0 Å². The topological polar surface area (TPSA) is 85.7 Å². The molecular formula is C14H16F5NO5. The molecule has 0 saturated heterocycles. The number of rotatable bonds is 4. The van der Waals surface area contributed by atoms with E-state index >= 15 is 0 Å². The molecule has 0 atom stereocenters. The highest BCUT2D eigenvalue weighted by Gasteiger charge is 2.38. The molecule has 0 amide bonds. The molecule has 0 aliphatic heterocycles. The molecule has 0 aliphatic rings. The Morgan fingerprint density at radius 2 is 1.76 bits per heavy atom. The number of nitrogens with zero attached hydrogens (tertiary/aromatic N) is 1. The minimum absolute atomic E-state index is 0.0291. The van der Waals surface area contributed by atoms with Gasteiger partial charge in [-0.1, -0.05) is 0 Å². The molecule has 0 aromatic carbocycles. The number of esters is 1. The molecule has 1 N–H and O–H groups in total. The van der Waals surface area contributed by atoms with Crippen LogP contribution in [0.5, 0.6) is 5.75 Å². The average Bonchev–Trinajstić information content (AvgIpc) is 2.35. The Bertz CT molecular complexity index is 584. The predicted octanol–water partition coefficient (Wildman–Crippen LogP) is 3.20. The molecule has 6 nitrogen and oxygen atoms in total. The third kappa shape index (κ3) is 11.7. The zero-order chi connectivity index (χ0) is 19.8. The van der Waals surface area contributed by atoms with Crippen molar-refractivity contribution in [1.82, 2.24) is 4.98 Å². The van der Waals surface area contributed by atoms with Crippen LogP contribution in [-0.2, 0) is 20.7 Å². The van der Waals surface area contributed by atoms with Gasteiger partial charge in [0.25, 0.3) is 0 Å². The fourth-order valence-corrected chi connectivity index (χ4v) is 1.25. The van der Waals surface area contributed by atoms with Crippen LogP contribution in [0.15, 0.2) is 18.3 Å². The van der Waals surface area contributed by atoms with Gasteiger partial charge in [-0.15, -0.1) is 0 Å². The lowest BCUT2D eigenvalue weighted by Crippen LogP contribution is -2.25. The minimum Gasteiger partial charge on any atom is -0.475 e. The van der Waals surface area contributed by atoms with Crippen LogP contribution in [0.2, 0.25) is 0 Å². The molecule has 0 bridgehead atoms. The summed E-state index contributed by atoms with van der Waals surface area (Å²) in [4.78, 5) is 24.3. The molecule has 0 radical (unpaired) electrons. The summed E-state index contributed by atoms with van der Waals surface area (Å²) in [6, 6.07) is 2.58. The number of carboxylic acid groups (broad SMARTS) is 1. The fraction of sp³-hybridized carbons (Fsp3) is 0.500. The SMILES string of the molecule is CC(C)(C)OC(=O)Cc1cc(OC(F)F)ccn1.O=C(O)C(F)(F)F. The second kappa shape index (κ2) is 9.14. The van der Waals surface area contributed by atoms with Gasteiger partial charge in [-0.2, -0.15) is 22.0 Å². The number of aromatic nitrogens is 1. The second-order valence-electron chi connectivity index (χ2n) is 5.43. The van der Waals surface area contributed by atoms with E-state index in [0.29, 0.717) is 5.69 Å². The highest BCUT2D eigenvalue weighted by atomic mass is 19.4. The quantitative estimate of drug-likeness (QED) is 0.644. The van der Waals surface area contributed by atoms with Gasteiger partial charge in [-0.3, -0.25) is 9.78 Å². The maximum absolute atomic E-state index is 12.0. The third-order valence-corrected chi connectivity index (χ3v) is 2.00. The molecule has 0 saturated carbocycles. The number of alkyl halides is 5. The number of aliphatic carboxylic acids is 1. The van der Waals surface area contributed by atoms with Crippen molar-refractivity contribution in [2.75, 3.05) is 0 Å². The van der Waals surface area contributed by atoms with Crippen LogP contribution in [0.4, 0.5) is 22.0 Å². The Morgan fingerprint density at radius 1 is 1.24 bits per heavy atom. The van der Waals surface area contributed by atoms with Crippen molar-refractivity contribution in [1.29, 1.82) is 0 Å². The van der Waals surface area contributed by atoms with Gasteiger partial charge in [0.15, 0.2) is 0 Å². The van der Waals surface area contributed by atoms with Gasteiger partial charge in [0.2, 0.25) is 0 Å². The number of carbonyl (C=O) groups excluding carboxylic acids is 1. The van der Waals surface area contributed by atoms with E-state index in [1.165, 1.54) is 18.3 Å². The van der Waals surface area contributed by atoms with Crippen LogP contribution in [0, 0.1) is 0 Å². The third-order valence-electron chi connectivity index (χ3n) is 2.00. The zero-order valence-electron chi connectivity index (χ0n) is 13.4. The molecule has 0 unspecified atom stereocenters. The van der Waals surface area contributed by atoms with Gasteiger partial charge >= 0.3 is 24.7 Å². The van der Waals surface area contributed by atoms with E-state index in [1.807, 2.05) is 0 Å². The van der Waals surface area contributed by atoms with Gasteiger partial charge in [0, 0.05) is 12.3 Å². The monoisotopic (exact) mass is 373 g/mol. The molecule has 11 heteroatoms. The number of halogens is 5. The minimum atomic E-state index is -5.08. The summed E-state index contributed by atoms with van der Waals surface area (Å²) in [6.07, 6.45) is -3.87. The van der Waals surface area contributed by atoms with Crippen molar-refractivity contribution in [2.24, 2.45) is 0 Å². The van der Waals surface area contributed by atoms with Crippen LogP contribution >= 0.6 is 0 Å². The molecular weight excluding hydrogens is 357 g/mol. The van der Waals surface area contributed by atoms with Gasteiger partial charge in [-0.25, -0.2) is 4.79 Å². The van der Waals surface area contributed by atoms with Crippen molar-refractivity contribution in [2.45, 2.75) is 45.6 Å². The summed E-state index contributed by atoms with van der Waals surface area (Å²) >= 11 is 0. The Hall–Kier alpha value is -2.46. The van der Waals surface area contributed by atoms with Gasteiger partial charge in [-0.05, 0) is 26.8 Å². The number of hydrogen-bond donors (Lipinski definition) is 1. The van der Waals surface area contributed by atoms with Crippen molar-refractivity contribution < 1.29 is 46.1 Å². The summed E-state index contributed by atoms with van der Waals surface area (Å²) in [5.74, 6) is -3.25. The number of pyridine rings is 1. The fourth-order valence-electron chi connectivity index (χ4n) is 1.25. The van der Waals surface area contributed by atoms with Crippen molar-refractivity contribution in [3.63, 3.8) is 0 Å². The molecule has 1 aromatic heterocycles. The first-order chi connectivity index (χ1) is 11.2. The summed E-state index contributed by atoms with van der Waals surface area (Å²) in [5.41, 5.74) is -0.267. The van der Waals surface area contributed by atoms with E-state index in [-0.39, 0.29) is 12.2 Å². The van der Waals surface area contributed by atoms with Crippen LogP contribution in [-0.4, -0.2) is 40.4 Å². The van der Waals surface area contributed by atoms with Gasteiger partial charge < -0.3 is 14.6 Å². The van der Waals surface area contributed by atoms with E-state index < -0.39 is 30.3 Å². The average molecular weight is 373 g/mol. The maximum atomic E-state index is 12.0. The zero-order valence-corrected chi connectivity index (χ0v) is 13.4. The molecule has 25 heavy (non-hydrogen) atoms. The van der Waals surface area contributed by atoms with E-state index in [1.54, 1.807) is 20.8 Å². The van der Waals surface area contributed by atoms with Crippen molar-refractivity contribution in [3.8, 4) is 5.75 Å². The summed E-state index contributed by atoms with van der Waals surface area (Å²) in [7, 11) is 0. The van der Waals surface area contributed by atoms with Gasteiger partial charge in [0.1, 0.15) is 11.4 Å². The molecule has 0 aliphatic carbocycles. The Morgan fingerprint density at radius 3 is 2.16 bits per heavy atom. The summed E-state index contributed by atoms with van der Waals surface area (Å²) in [6.45, 7) is 2.33. The highest BCUT2D eigenvalue weighted by molar-refractivity contribution is 5.73. The normalized spacial score (nSPS) is 11.4. The number of carbonyl (C=O) groups is 2. The van der Waals surface area contributed by atoms with E-state index in [4.69, 9.17) is 14.6 Å². The first-order valence-corrected chi connectivity index (χ1v) is 6.62.